The molecular weight excluding hydrogens is 262 g/mol. The molecule has 2 rings (SSSR count). The first-order valence-corrected chi connectivity index (χ1v) is 7.03. The van der Waals surface area contributed by atoms with Gasteiger partial charge in [0.1, 0.15) is 6.04 Å². The first-order valence-electron chi connectivity index (χ1n) is 7.03. The van der Waals surface area contributed by atoms with E-state index in [0.29, 0.717) is 39.4 Å². The van der Waals surface area contributed by atoms with Crippen LogP contribution >= 0.6 is 0 Å². The highest BCUT2D eigenvalue weighted by molar-refractivity contribution is 5.75. The molecule has 0 aromatic carbocycles. The standard InChI is InChI=1S/C13H23N3O4/c1-10(11(17)18)15-4-6-16(7-5-15)12(19)14-13(2)3-8-20-9-13/h10H,3-9H2,1-2H3,(H,14,19)(H,17,18). The maximum absolute atomic E-state index is 12.2. The summed E-state index contributed by atoms with van der Waals surface area (Å²) in [5.41, 5.74) is -0.275. The van der Waals surface area contributed by atoms with Gasteiger partial charge in [-0.3, -0.25) is 9.69 Å². The Morgan fingerprint density at radius 3 is 2.45 bits per heavy atom. The zero-order valence-electron chi connectivity index (χ0n) is 12.1. The average Bonchev–Trinajstić information content (AvgIpc) is 2.84. The van der Waals surface area contributed by atoms with E-state index < -0.39 is 12.0 Å². The van der Waals surface area contributed by atoms with Crippen molar-refractivity contribution in [2.24, 2.45) is 0 Å². The fourth-order valence-corrected chi connectivity index (χ4v) is 2.57. The predicted octanol–water partition coefficient (Wildman–Crippen LogP) is -0.0343. The fourth-order valence-electron chi connectivity index (χ4n) is 2.57. The molecule has 2 saturated heterocycles. The molecule has 2 atom stereocenters. The van der Waals surface area contributed by atoms with Gasteiger partial charge in [0.25, 0.3) is 0 Å². The van der Waals surface area contributed by atoms with Crippen LogP contribution < -0.4 is 5.32 Å². The van der Waals surface area contributed by atoms with Crippen molar-refractivity contribution in [3.05, 3.63) is 0 Å². The summed E-state index contributed by atoms with van der Waals surface area (Å²) < 4.78 is 5.32. The minimum absolute atomic E-state index is 0.0828. The number of carbonyl (C=O) groups excluding carboxylic acids is 1. The summed E-state index contributed by atoms with van der Waals surface area (Å²) in [4.78, 5) is 26.8. The molecule has 0 aromatic heterocycles. The van der Waals surface area contributed by atoms with Gasteiger partial charge < -0.3 is 20.1 Å². The molecule has 7 heteroatoms. The lowest BCUT2D eigenvalue weighted by molar-refractivity contribution is -0.143. The summed E-state index contributed by atoms with van der Waals surface area (Å²) in [7, 11) is 0. The number of carbonyl (C=O) groups is 2. The van der Waals surface area contributed by atoms with Crippen LogP contribution in [0.2, 0.25) is 0 Å². The van der Waals surface area contributed by atoms with E-state index in [1.807, 2.05) is 11.8 Å². The molecule has 2 aliphatic rings. The maximum Gasteiger partial charge on any atom is 0.320 e. The van der Waals surface area contributed by atoms with E-state index in [-0.39, 0.29) is 11.6 Å². The topological polar surface area (TPSA) is 82.1 Å². The molecule has 2 unspecified atom stereocenters. The first-order chi connectivity index (χ1) is 9.41. The molecular formula is C13H23N3O4. The van der Waals surface area contributed by atoms with Gasteiger partial charge >= 0.3 is 12.0 Å². The monoisotopic (exact) mass is 285 g/mol. The molecule has 2 amide bonds. The van der Waals surface area contributed by atoms with Crippen LogP contribution in [-0.4, -0.2) is 77.9 Å². The van der Waals surface area contributed by atoms with Gasteiger partial charge in [0.05, 0.1) is 12.1 Å². The molecule has 2 heterocycles. The van der Waals surface area contributed by atoms with Crippen LogP contribution in [0.5, 0.6) is 0 Å². The molecule has 114 valence electrons. The van der Waals surface area contributed by atoms with E-state index in [0.717, 1.165) is 6.42 Å². The minimum Gasteiger partial charge on any atom is -0.480 e. The van der Waals surface area contributed by atoms with Crippen LogP contribution in [0.1, 0.15) is 20.3 Å². The molecule has 0 aliphatic carbocycles. The van der Waals surface area contributed by atoms with Crippen LogP contribution in [0.3, 0.4) is 0 Å². The number of hydrogen-bond donors (Lipinski definition) is 2. The number of aliphatic carboxylic acids is 1. The molecule has 0 aromatic rings. The van der Waals surface area contributed by atoms with Gasteiger partial charge in [-0.2, -0.15) is 0 Å². The molecule has 2 N–H and O–H groups in total. The molecule has 0 saturated carbocycles. The van der Waals surface area contributed by atoms with Crippen molar-refractivity contribution < 1.29 is 19.4 Å². The maximum atomic E-state index is 12.2. The van der Waals surface area contributed by atoms with Gasteiger partial charge in [0.2, 0.25) is 0 Å². The van der Waals surface area contributed by atoms with Gasteiger partial charge in [0.15, 0.2) is 0 Å². The van der Waals surface area contributed by atoms with Gasteiger partial charge in [0, 0.05) is 32.8 Å². The molecule has 2 aliphatic heterocycles. The van der Waals surface area contributed by atoms with Crippen molar-refractivity contribution in [3.63, 3.8) is 0 Å². The van der Waals surface area contributed by atoms with Crippen LogP contribution in [0.15, 0.2) is 0 Å². The number of rotatable bonds is 3. The van der Waals surface area contributed by atoms with Gasteiger partial charge in [-0.15, -0.1) is 0 Å². The van der Waals surface area contributed by atoms with Crippen molar-refractivity contribution in [2.75, 3.05) is 39.4 Å². The Bertz CT molecular complexity index is 374. The van der Waals surface area contributed by atoms with Crippen molar-refractivity contribution >= 4 is 12.0 Å². The largest absolute Gasteiger partial charge is 0.480 e. The molecule has 7 nitrogen and oxygen atoms in total. The molecule has 0 spiro atoms. The Hall–Kier alpha value is -1.34. The molecule has 2 fully saturated rings. The Morgan fingerprint density at radius 2 is 1.95 bits per heavy atom. The Morgan fingerprint density at radius 1 is 1.30 bits per heavy atom. The molecule has 0 radical (unpaired) electrons. The number of hydrogen-bond acceptors (Lipinski definition) is 4. The van der Waals surface area contributed by atoms with E-state index >= 15 is 0 Å². The summed E-state index contributed by atoms with van der Waals surface area (Å²) in [6.07, 6.45) is 0.828. The minimum atomic E-state index is -0.821. The zero-order chi connectivity index (χ0) is 14.8. The van der Waals surface area contributed by atoms with E-state index in [1.165, 1.54) is 0 Å². The number of amides is 2. The van der Waals surface area contributed by atoms with E-state index in [9.17, 15) is 9.59 Å². The summed E-state index contributed by atoms with van der Waals surface area (Å²) in [5, 5.41) is 12.0. The van der Waals surface area contributed by atoms with Gasteiger partial charge in [-0.05, 0) is 20.3 Å². The van der Waals surface area contributed by atoms with E-state index in [2.05, 4.69) is 5.32 Å². The van der Waals surface area contributed by atoms with Gasteiger partial charge in [-0.1, -0.05) is 0 Å². The number of ether oxygens (including phenoxy) is 1. The summed E-state index contributed by atoms with van der Waals surface area (Å²) >= 11 is 0. The van der Waals surface area contributed by atoms with Crippen LogP contribution in [0, 0.1) is 0 Å². The second-order valence-corrected chi connectivity index (χ2v) is 5.83. The second-order valence-electron chi connectivity index (χ2n) is 5.83. The molecule has 20 heavy (non-hydrogen) atoms. The van der Waals surface area contributed by atoms with Crippen LogP contribution in [0.4, 0.5) is 4.79 Å². The first kappa shape index (κ1) is 15.1. The normalized spacial score (nSPS) is 29.2. The van der Waals surface area contributed by atoms with Gasteiger partial charge in [-0.25, -0.2) is 4.79 Å². The van der Waals surface area contributed by atoms with Crippen molar-refractivity contribution in [1.82, 2.24) is 15.1 Å². The van der Waals surface area contributed by atoms with Crippen molar-refractivity contribution in [3.8, 4) is 0 Å². The smallest absolute Gasteiger partial charge is 0.320 e. The number of piperazine rings is 1. The summed E-state index contributed by atoms with van der Waals surface area (Å²) in [5.74, 6) is -0.821. The summed E-state index contributed by atoms with van der Waals surface area (Å²) in [6.45, 7) is 7.19. The quantitative estimate of drug-likeness (QED) is 0.761. The lowest BCUT2D eigenvalue weighted by Crippen LogP contribution is -2.58. The highest BCUT2D eigenvalue weighted by Gasteiger charge is 2.34. The van der Waals surface area contributed by atoms with Crippen molar-refractivity contribution in [2.45, 2.75) is 31.8 Å². The summed E-state index contributed by atoms with van der Waals surface area (Å²) in [6, 6.07) is -0.582. The number of nitrogens with zero attached hydrogens (tertiary/aromatic N) is 2. The fraction of sp³-hybridized carbons (Fsp3) is 0.846. The molecule has 0 bridgehead atoms. The third kappa shape index (κ3) is 3.40. The van der Waals surface area contributed by atoms with Crippen LogP contribution in [-0.2, 0) is 9.53 Å². The number of nitrogens with one attached hydrogen (secondary N) is 1. The average molecular weight is 285 g/mol. The third-order valence-electron chi connectivity index (χ3n) is 4.13. The zero-order valence-corrected chi connectivity index (χ0v) is 12.1. The predicted molar refractivity (Wildman–Crippen MR) is 72.6 cm³/mol. The van der Waals surface area contributed by atoms with Crippen LogP contribution in [0.25, 0.3) is 0 Å². The number of carboxylic acid groups (broad SMARTS) is 1. The SMILES string of the molecule is CC(C(=O)O)N1CCN(C(=O)NC2(C)CCOC2)CC1. The van der Waals surface area contributed by atoms with E-state index in [1.54, 1.807) is 11.8 Å². The number of carboxylic acids is 1. The second kappa shape index (κ2) is 5.97. The van der Waals surface area contributed by atoms with E-state index in [4.69, 9.17) is 9.84 Å². The Kier molecular flexibility index (Phi) is 4.49. The van der Waals surface area contributed by atoms with Crippen molar-refractivity contribution in [1.29, 1.82) is 0 Å². The Labute approximate surface area is 118 Å². The Balaban J connectivity index is 1.81. The third-order valence-corrected chi connectivity index (χ3v) is 4.13. The highest BCUT2D eigenvalue weighted by atomic mass is 16.5. The highest BCUT2D eigenvalue weighted by Crippen LogP contribution is 2.18. The lowest BCUT2D eigenvalue weighted by Gasteiger charge is -2.38. The lowest BCUT2D eigenvalue weighted by atomic mass is 10.0. The number of urea groups is 1.